The van der Waals surface area contributed by atoms with Crippen LogP contribution in [0, 0.1) is 0 Å². The number of esters is 1. The van der Waals surface area contributed by atoms with E-state index in [0.29, 0.717) is 6.42 Å². The van der Waals surface area contributed by atoms with Gasteiger partial charge in [-0.3, -0.25) is 4.79 Å². The van der Waals surface area contributed by atoms with E-state index in [-0.39, 0.29) is 12.1 Å². The van der Waals surface area contributed by atoms with Crippen molar-refractivity contribution in [3.05, 3.63) is 47.8 Å². The number of aryl methyl sites for hydroxylation is 1. The van der Waals surface area contributed by atoms with E-state index in [4.69, 9.17) is 4.74 Å². The third kappa shape index (κ3) is 6.65. The summed E-state index contributed by atoms with van der Waals surface area (Å²) in [5.74, 6) is 0.504. The Bertz CT molecular complexity index is 651. The van der Waals surface area contributed by atoms with Crippen molar-refractivity contribution >= 4 is 5.97 Å². The molecule has 1 aromatic carbocycles. The summed E-state index contributed by atoms with van der Waals surface area (Å²) >= 11 is 0. The molecule has 2 aromatic rings. The number of nitrogens with zero attached hydrogens (tertiary/aromatic N) is 2. The fraction of sp³-hybridized carbons (Fsp3) is 0.476. The number of carbonyl (C=O) groups is 1. The fourth-order valence-corrected chi connectivity index (χ4v) is 2.84. The van der Waals surface area contributed by atoms with E-state index in [1.54, 1.807) is 0 Å². The minimum Gasteiger partial charge on any atom is -0.463 e. The van der Waals surface area contributed by atoms with E-state index >= 15 is 0 Å². The zero-order valence-corrected chi connectivity index (χ0v) is 15.5. The number of rotatable bonds is 9. The van der Waals surface area contributed by atoms with Crippen LogP contribution in [0.5, 0.6) is 0 Å². The Balaban J connectivity index is 1.91. The van der Waals surface area contributed by atoms with Crippen LogP contribution in [0.4, 0.5) is 0 Å². The molecule has 1 heterocycles. The van der Waals surface area contributed by atoms with Crippen molar-refractivity contribution in [1.29, 1.82) is 0 Å². The van der Waals surface area contributed by atoms with Crippen molar-refractivity contribution < 1.29 is 9.53 Å². The van der Waals surface area contributed by atoms with Crippen LogP contribution < -0.4 is 0 Å². The maximum Gasteiger partial charge on any atom is 0.302 e. The molecule has 0 spiro atoms. The first-order valence-corrected chi connectivity index (χ1v) is 9.16. The highest BCUT2D eigenvalue weighted by atomic mass is 16.5. The van der Waals surface area contributed by atoms with E-state index in [2.05, 4.69) is 16.9 Å². The monoisotopic (exact) mass is 340 g/mol. The number of hydrogen-bond acceptors (Lipinski definition) is 4. The molecule has 0 bridgehead atoms. The van der Waals surface area contributed by atoms with Gasteiger partial charge in [-0.25, -0.2) is 9.97 Å². The van der Waals surface area contributed by atoms with E-state index in [1.165, 1.54) is 38.2 Å². The second-order valence-corrected chi connectivity index (χ2v) is 6.55. The maximum atomic E-state index is 11.0. The zero-order valence-electron chi connectivity index (χ0n) is 15.5. The van der Waals surface area contributed by atoms with E-state index in [9.17, 15) is 4.79 Å². The quantitative estimate of drug-likeness (QED) is 0.488. The van der Waals surface area contributed by atoms with Crippen LogP contribution in [0.2, 0.25) is 0 Å². The number of unbranched alkanes of at least 4 members (excludes halogenated alkanes) is 3. The van der Waals surface area contributed by atoms with Crippen molar-refractivity contribution in [2.75, 3.05) is 0 Å². The summed E-state index contributed by atoms with van der Waals surface area (Å²) in [6.45, 7) is 5.56. The lowest BCUT2D eigenvalue weighted by atomic mass is 10.1. The summed E-state index contributed by atoms with van der Waals surface area (Å²) in [5, 5.41) is 0. The zero-order chi connectivity index (χ0) is 18.1. The minimum absolute atomic E-state index is 0.119. The average molecular weight is 340 g/mol. The van der Waals surface area contributed by atoms with Gasteiger partial charge in [0.25, 0.3) is 0 Å². The molecule has 4 nitrogen and oxygen atoms in total. The topological polar surface area (TPSA) is 52.1 Å². The van der Waals surface area contributed by atoms with Crippen LogP contribution in [0.15, 0.2) is 36.7 Å². The van der Waals surface area contributed by atoms with Gasteiger partial charge in [0, 0.05) is 31.3 Å². The molecular formula is C21H28N2O2. The van der Waals surface area contributed by atoms with Crippen molar-refractivity contribution in [2.24, 2.45) is 0 Å². The molecule has 134 valence electrons. The number of benzene rings is 1. The molecule has 2 rings (SSSR count). The molecular weight excluding hydrogens is 312 g/mol. The second-order valence-electron chi connectivity index (χ2n) is 6.55. The summed E-state index contributed by atoms with van der Waals surface area (Å²) in [6, 6.07) is 8.12. The second kappa shape index (κ2) is 9.92. The van der Waals surface area contributed by atoms with Crippen LogP contribution in [-0.4, -0.2) is 22.0 Å². The highest BCUT2D eigenvalue weighted by Crippen LogP contribution is 2.17. The van der Waals surface area contributed by atoms with Crippen LogP contribution in [0.3, 0.4) is 0 Å². The first-order chi connectivity index (χ1) is 12.1. The van der Waals surface area contributed by atoms with Gasteiger partial charge in [0.1, 0.15) is 6.10 Å². The van der Waals surface area contributed by atoms with Gasteiger partial charge in [-0.05, 0) is 30.9 Å². The maximum absolute atomic E-state index is 11.0. The van der Waals surface area contributed by atoms with Gasteiger partial charge in [0.15, 0.2) is 5.82 Å². The fourth-order valence-electron chi connectivity index (χ4n) is 2.84. The molecule has 0 saturated heterocycles. The summed E-state index contributed by atoms with van der Waals surface area (Å²) in [5.41, 5.74) is 3.33. The molecule has 1 aromatic heterocycles. The lowest BCUT2D eigenvalue weighted by molar-refractivity contribution is -0.145. The molecule has 1 atom stereocenters. The summed E-state index contributed by atoms with van der Waals surface area (Å²) in [4.78, 5) is 20.0. The van der Waals surface area contributed by atoms with Gasteiger partial charge < -0.3 is 4.74 Å². The van der Waals surface area contributed by atoms with Crippen LogP contribution in [0.25, 0.3) is 11.4 Å². The molecule has 0 aliphatic heterocycles. The molecule has 0 aliphatic rings. The van der Waals surface area contributed by atoms with Crippen molar-refractivity contribution in [3.8, 4) is 11.4 Å². The summed E-state index contributed by atoms with van der Waals surface area (Å²) in [7, 11) is 0. The van der Waals surface area contributed by atoms with Crippen molar-refractivity contribution in [1.82, 2.24) is 9.97 Å². The Kier molecular flexibility index (Phi) is 7.58. The lowest BCUT2D eigenvalue weighted by Crippen LogP contribution is -2.14. The molecule has 0 aliphatic carbocycles. The molecule has 1 unspecified atom stereocenters. The van der Waals surface area contributed by atoms with Crippen LogP contribution in [0.1, 0.15) is 57.6 Å². The Labute approximate surface area is 150 Å². The van der Waals surface area contributed by atoms with E-state index < -0.39 is 0 Å². The molecule has 0 amide bonds. The number of ether oxygens (including phenoxy) is 1. The van der Waals surface area contributed by atoms with Gasteiger partial charge in [-0.2, -0.15) is 0 Å². The van der Waals surface area contributed by atoms with Gasteiger partial charge in [-0.1, -0.05) is 50.5 Å². The Morgan fingerprint density at radius 2 is 1.72 bits per heavy atom. The SMILES string of the molecule is CCCCCCc1cnc(-c2ccc(CC(C)OC(C)=O)cc2)nc1. The summed E-state index contributed by atoms with van der Waals surface area (Å²) < 4.78 is 5.17. The van der Waals surface area contributed by atoms with Gasteiger partial charge in [0.05, 0.1) is 0 Å². The highest BCUT2D eigenvalue weighted by Gasteiger charge is 2.08. The predicted octanol–water partition coefficient (Wildman–Crippen LogP) is 4.76. The van der Waals surface area contributed by atoms with Gasteiger partial charge in [-0.15, -0.1) is 0 Å². The number of carbonyl (C=O) groups excluding carboxylic acids is 1. The van der Waals surface area contributed by atoms with E-state index in [1.807, 2.05) is 43.6 Å². The Morgan fingerprint density at radius 3 is 2.32 bits per heavy atom. The molecule has 0 fully saturated rings. The standard InChI is InChI=1S/C21H28N2O2/c1-4-5-6-7-8-19-14-22-21(23-15-19)20-11-9-18(10-12-20)13-16(2)25-17(3)24/h9-12,14-16H,4-8,13H2,1-3H3. The average Bonchev–Trinajstić information content (AvgIpc) is 2.59. The van der Waals surface area contributed by atoms with Gasteiger partial charge >= 0.3 is 5.97 Å². The van der Waals surface area contributed by atoms with E-state index in [0.717, 1.165) is 23.4 Å². The van der Waals surface area contributed by atoms with Gasteiger partial charge in [0.2, 0.25) is 0 Å². The first kappa shape index (κ1) is 19.1. The highest BCUT2D eigenvalue weighted by molar-refractivity contribution is 5.66. The molecule has 0 radical (unpaired) electrons. The largest absolute Gasteiger partial charge is 0.463 e. The minimum atomic E-state index is -0.243. The number of hydrogen-bond donors (Lipinski definition) is 0. The lowest BCUT2D eigenvalue weighted by Gasteiger charge is -2.12. The first-order valence-electron chi connectivity index (χ1n) is 9.16. The molecule has 0 N–H and O–H groups in total. The smallest absolute Gasteiger partial charge is 0.302 e. The van der Waals surface area contributed by atoms with Crippen molar-refractivity contribution in [3.63, 3.8) is 0 Å². The van der Waals surface area contributed by atoms with Crippen molar-refractivity contribution in [2.45, 2.75) is 65.4 Å². The Morgan fingerprint density at radius 1 is 1.04 bits per heavy atom. The predicted molar refractivity (Wildman–Crippen MR) is 100 cm³/mol. The molecule has 25 heavy (non-hydrogen) atoms. The van der Waals surface area contributed by atoms with Crippen LogP contribution >= 0.6 is 0 Å². The molecule has 0 saturated carbocycles. The summed E-state index contributed by atoms with van der Waals surface area (Å²) in [6.07, 6.45) is 10.5. The third-order valence-electron chi connectivity index (χ3n) is 4.13. The third-order valence-corrected chi connectivity index (χ3v) is 4.13. The number of aromatic nitrogens is 2. The van der Waals surface area contributed by atoms with Crippen LogP contribution in [-0.2, 0) is 22.4 Å². The molecule has 4 heteroatoms. The Hall–Kier alpha value is -2.23. The normalized spacial score (nSPS) is 12.0.